The van der Waals surface area contributed by atoms with E-state index in [2.05, 4.69) is 10.5 Å². The van der Waals surface area contributed by atoms with Gasteiger partial charge in [-0.15, -0.1) is 11.6 Å². The van der Waals surface area contributed by atoms with Crippen molar-refractivity contribution in [2.75, 3.05) is 38.7 Å². The zero-order valence-electron chi connectivity index (χ0n) is 20.8. The van der Waals surface area contributed by atoms with E-state index in [0.717, 1.165) is 21.7 Å². The van der Waals surface area contributed by atoms with Gasteiger partial charge in [0.1, 0.15) is 5.69 Å². The molecular weight excluding hydrogens is 498 g/mol. The van der Waals surface area contributed by atoms with Crippen molar-refractivity contribution >= 4 is 50.8 Å². The molecular formula is C27H26ClN3O6. The Morgan fingerprint density at radius 2 is 1.76 bits per heavy atom. The van der Waals surface area contributed by atoms with Gasteiger partial charge in [-0.3, -0.25) is 9.59 Å². The first kappa shape index (κ1) is 24.6. The first-order valence-corrected chi connectivity index (χ1v) is 12.1. The number of aromatic amines is 1. The van der Waals surface area contributed by atoms with E-state index in [1.54, 1.807) is 30.2 Å². The number of alkyl halides is 1. The van der Waals surface area contributed by atoms with E-state index in [9.17, 15) is 9.59 Å². The molecule has 0 unspecified atom stereocenters. The van der Waals surface area contributed by atoms with E-state index in [4.69, 9.17) is 30.6 Å². The molecule has 2 amide bonds. The fourth-order valence-electron chi connectivity index (χ4n) is 4.95. The summed E-state index contributed by atoms with van der Waals surface area (Å²) >= 11 is 6.39. The lowest BCUT2D eigenvalue weighted by molar-refractivity contribution is -0.125. The van der Waals surface area contributed by atoms with Gasteiger partial charge in [0.05, 0.1) is 32.5 Å². The lowest BCUT2D eigenvalue weighted by Gasteiger charge is -2.18. The molecule has 0 saturated carbocycles. The van der Waals surface area contributed by atoms with Gasteiger partial charge in [-0.1, -0.05) is 24.3 Å². The Hall–Kier alpha value is -4.11. The Balaban J connectivity index is 1.64. The van der Waals surface area contributed by atoms with Gasteiger partial charge < -0.3 is 28.9 Å². The number of ether oxygens (including phenoxy) is 3. The predicted molar refractivity (Wildman–Crippen MR) is 141 cm³/mol. The molecule has 9 nitrogen and oxygen atoms in total. The second-order valence-electron chi connectivity index (χ2n) is 8.67. The third-order valence-electron chi connectivity index (χ3n) is 6.52. The zero-order valence-corrected chi connectivity index (χ0v) is 21.6. The average molecular weight is 524 g/mol. The Morgan fingerprint density at radius 3 is 2.41 bits per heavy atom. The quantitative estimate of drug-likeness (QED) is 0.267. The van der Waals surface area contributed by atoms with Crippen molar-refractivity contribution in [3.05, 3.63) is 53.7 Å². The van der Waals surface area contributed by atoms with Crippen LogP contribution in [-0.4, -0.2) is 50.6 Å². The smallest absolute Gasteiger partial charge is 0.274 e. The van der Waals surface area contributed by atoms with Crippen LogP contribution in [-0.2, 0) is 4.79 Å². The molecule has 1 atom stereocenters. The number of aromatic nitrogens is 1. The number of methoxy groups -OCH3 is 3. The largest absolute Gasteiger partial charge is 0.493 e. The molecule has 37 heavy (non-hydrogen) atoms. The van der Waals surface area contributed by atoms with Crippen molar-refractivity contribution in [3.8, 4) is 23.0 Å². The van der Waals surface area contributed by atoms with Crippen LogP contribution in [0.1, 0.15) is 28.9 Å². The van der Waals surface area contributed by atoms with E-state index in [0.29, 0.717) is 52.3 Å². The molecule has 0 aliphatic carbocycles. The molecule has 192 valence electrons. The summed E-state index contributed by atoms with van der Waals surface area (Å²) in [7, 11) is 4.60. The first-order valence-electron chi connectivity index (χ1n) is 11.6. The minimum absolute atomic E-state index is 0.0839. The monoisotopic (exact) mass is 523 g/mol. The Kier molecular flexibility index (Phi) is 6.47. The third kappa shape index (κ3) is 4.05. The van der Waals surface area contributed by atoms with E-state index in [1.165, 1.54) is 21.1 Å². The van der Waals surface area contributed by atoms with Gasteiger partial charge in [0.25, 0.3) is 5.91 Å². The number of fused-ring (bicyclic) bond motifs is 4. The van der Waals surface area contributed by atoms with Gasteiger partial charge in [0.15, 0.2) is 17.2 Å². The topological polar surface area (TPSA) is 102 Å². The number of hydrogen-bond donors (Lipinski definition) is 2. The van der Waals surface area contributed by atoms with Crippen molar-refractivity contribution in [2.45, 2.75) is 12.8 Å². The maximum atomic E-state index is 13.9. The SMILES string of the molecule is COc1cc2cc(C(=O)N3C[C@H](CCl)c4c3cc(ONC(C)=O)c3ccccc43)[nH]c2c(OC)c1OC. The highest BCUT2D eigenvalue weighted by atomic mass is 35.5. The molecule has 1 aromatic heterocycles. The van der Waals surface area contributed by atoms with Crippen LogP contribution < -0.4 is 29.4 Å². The molecule has 0 radical (unpaired) electrons. The van der Waals surface area contributed by atoms with Gasteiger partial charge in [-0.25, -0.2) is 0 Å². The number of benzene rings is 3. The van der Waals surface area contributed by atoms with Gasteiger partial charge >= 0.3 is 0 Å². The molecule has 5 rings (SSSR count). The molecule has 1 aliphatic rings. The lowest BCUT2D eigenvalue weighted by atomic mass is 9.95. The number of carbonyl (C=O) groups excluding carboxylic acids is 2. The number of rotatable bonds is 7. The molecule has 2 heterocycles. The van der Waals surface area contributed by atoms with Gasteiger partial charge in [-0.2, -0.15) is 5.48 Å². The molecule has 0 saturated heterocycles. The van der Waals surface area contributed by atoms with E-state index >= 15 is 0 Å². The van der Waals surface area contributed by atoms with Crippen LogP contribution in [0.4, 0.5) is 5.69 Å². The molecule has 0 bridgehead atoms. The van der Waals surface area contributed by atoms with E-state index in [-0.39, 0.29) is 17.7 Å². The Labute approximate surface area is 218 Å². The normalized spacial score (nSPS) is 14.5. The third-order valence-corrected chi connectivity index (χ3v) is 6.89. The van der Waals surface area contributed by atoms with Crippen LogP contribution in [0.3, 0.4) is 0 Å². The number of hydrogen-bond acceptors (Lipinski definition) is 6. The van der Waals surface area contributed by atoms with Crippen LogP contribution in [0.2, 0.25) is 0 Å². The van der Waals surface area contributed by atoms with Crippen molar-refractivity contribution in [1.82, 2.24) is 10.5 Å². The van der Waals surface area contributed by atoms with E-state index < -0.39 is 0 Å². The number of hydroxylamine groups is 1. The van der Waals surface area contributed by atoms with Crippen LogP contribution in [0.25, 0.3) is 21.7 Å². The van der Waals surface area contributed by atoms with Crippen LogP contribution in [0, 0.1) is 0 Å². The summed E-state index contributed by atoms with van der Waals surface area (Å²) in [5.41, 5.74) is 5.01. The summed E-state index contributed by atoms with van der Waals surface area (Å²) in [4.78, 5) is 35.9. The second-order valence-corrected chi connectivity index (χ2v) is 8.98. The minimum Gasteiger partial charge on any atom is -0.493 e. The standard InChI is InChI=1S/C27H26ClN3O6/c1-14(32)30-37-21-11-20-23(18-8-6-5-7-17(18)21)16(12-28)13-31(20)27(33)19-9-15-10-22(34-2)25(35-3)26(36-4)24(15)29-19/h5-11,16,29H,12-13H2,1-4H3,(H,30,32)/t16-/m0/s1. The number of anilines is 1. The lowest BCUT2D eigenvalue weighted by Crippen LogP contribution is -2.30. The summed E-state index contributed by atoms with van der Waals surface area (Å²) < 4.78 is 16.5. The maximum Gasteiger partial charge on any atom is 0.274 e. The molecule has 2 N–H and O–H groups in total. The zero-order chi connectivity index (χ0) is 26.3. The number of halogens is 1. The van der Waals surface area contributed by atoms with Gasteiger partial charge in [0.2, 0.25) is 11.7 Å². The molecule has 1 aliphatic heterocycles. The second kappa shape index (κ2) is 9.74. The number of amides is 2. The van der Waals surface area contributed by atoms with Crippen molar-refractivity contribution in [1.29, 1.82) is 0 Å². The number of nitrogens with one attached hydrogen (secondary N) is 2. The van der Waals surface area contributed by atoms with Crippen molar-refractivity contribution < 1.29 is 28.6 Å². The first-order chi connectivity index (χ1) is 17.9. The summed E-state index contributed by atoms with van der Waals surface area (Å²) in [5.74, 6) is 1.46. The van der Waals surface area contributed by atoms with Gasteiger partial charge in [-0.05, 0) is 23.1 Å². The molecule has 3 aromatic carbocycles. The molecule has 0 fully saturated rings. The van der Waals surface area contributed by atoms with Gasteiger partial charge in [0, 0.05) is 42.1 Å². The highest BCUT2D eigenvalue weighted by Gasteiger charge is 2.36. The Morgan fingerprint density at radius 1 is 1.03 bits per heavy atom. The summed E-state index contributed by atoms with van der Waals surface area (Å²) in [6, 6.07) is 13.0. The summed E-state index contributed by atoms with van der Waals surface area (Å²) in [6.45, 7) is 1.76. The average Bonchev–Trinajstić information content (AvgIpc) is 3.51. The number of nitrogens with zero attached hydrogens (tertiary/aromatic N) is 1. The maximum absolute atomic E-state index is 13.9. The minimum atomic E-state index is -0.339. The van der Waals surface area contributed by atoms with E-state index in [1.807, 2.05) is 24.3 Å². The highest BCUT2D eigenvalue weighted by molar-refractivity contribution is 6.19. The Bertz CT molecular complexity index is 1530. The fourth-order valence-corrected chi connectivity index (χ4v) is 5.20. The molecule has 10 heteroatoms. The summed E-state index contributed by atoms with van der Waals surface area (Å²) in [6.07, 6.45) is 0. The fraction of sp³-hybridized carbons (Fsp3) is 0.259. The molecule has 0 spiro atoms. The number of H-pyrrole nitrogens is 1. The number of carbonyl (C=O) groups is 2. The summed E-state index contributed by atoms with van der Waals surface area (Å²) in [5, 5.41) is 2.46. The van der Waals surface area contributed by atoms with Crippen molar-refractivity contribution in [3.63, 3.8) is 0 Å². The van der Waals surface area contributed by atoms with Crippen LogP contribution in [0.5, 0.6) is 23.0 Å². The van der Waals surface area contributed by atoms with Crippen molar-refractivity contribution in [2.24, 2.45) is 0 Å². The predicted octanol–water partition coefficient (Wildman–Crippen LogP) is 4.76. The van der Waals surface area contributed by atoms with Crippen LogP contribution >= 0.6 is 11.6 Å². The highest BCUT2D eigenvalue weighted by Crippen LogP contribution is 2.47. The molecule has 4 aromatic rings. The van der Waals surface area contributed by atoms with Crippen LogP contribution in [0.15, 0.2) is 42.5 Å².